The van der Waals surface area contributed by atoms with E-state index in [1.54, 1.807) is 28.8 Å². The lowest BCUT2D eigenvalue weighted by Gasteiger charge is -2.10. The first-order valence-corrected chi connectivity index (χ1v) is 11.0. The number of hydrogen-bond acceptors (Lipinski definition) is 5. The molecule has 0 aliphatic heterocycles. The van der Waals surface area contributed by atoms with E-state index in [0.717, 1.165) is 5.56 Å². The van der Waals surface area contributed by atoms with Crippen molar-refractivity contribution >= 4 is 46.6 Å². The maximum atomic E-state index is 13.0. The first-order valence-electron chi connectivity index (χ1n) is 9.63. The van der Waals surface area contributed by atoms with Crippen LogP contribution in [0.5, 0.6) is 0 Å². The summed E-state index contributed by atoms with van der Waals surface area (Å²) < 4.78 is 14.7. The Balaban J connectivity index is 1.62. The van der Waals surface area contributed by atoms with Gasteiger partial charge in [-0.25, -0.2) is 4.39 Å². The summed E-state index contributed by atoms with van der Waals surface area (Å²) in [5.74, 6) is -0.364. The fourth-order valence-electron chi connectivity index (χ4n) is 2.83. The van der Waals surface area contributed by atoms with E-state index in [0.29, 0.717) is 33.9 Å². The number of aromatic nitrogens is 3. The minimum atomic E-state index is -0.384. The maximum Gasteiger partial charge on any atom is 0.234 e. The molecule has 0 bridgehead atoms. The van der Waals surface area contributed by atoms with Gasteiger partial charge in [0, 0.05) is 22.9 Å². The van der Waals surface area contributed by atoms with E-state index in [9.17, 15) is 14.0 Å². The predicted octanol–water partition coefficient (Wildman–Crippen LogP) is 4.48. The number of hydrogen-bond donors (Lipinski definition) is 2. The summed E-state index contributed by atoms with van der Waals surface area (Å²) in [6.45, 7) is 5.97. The SMILES string of the molecule is C=CCn1c(CC(=O)Nc2ccc(F)cc2)nnc1SCC(=O)Nc1ccc(Cl)cc1C. The zero-order chi connectivity index (χ0) is 23.1. The smallest absolute Gasteiger partial charge is 0.234 e. The third-order valence-electron chi connectivity index (χ3n) is 4.35. The summed E-state index contributed by atoms with van der Waals surface area (Å²) in [5.41, 5.74) is 2.03. The number of nitrogens with one attached hydrogen (secondary N) is 2. The zero-order valence-corrected chi connectivity index (χ0v) is 18.8. The molecule has 0 saturated heterocycles. The second-order valence-electron chi connectivity index (χ2n) is 6.83. The van der Waals surface area contributed by atoms with Crippen molar-refractivity contribution in [2.75, 3.05) is 16.4 Å². The number of rotatable bonds is 9. The van der Waals surface area contributed by atoms with Crippen molar-refractivity contribution in [1.82, 2.24) is 14.8 Å². The molecule has 166 valence electrons. The fraction of sp³-hybridized carbons (Fsp3) is 0.182. The predicted molar refractivity (Wildman–Crippen MR) is 124 cm³/mol. The van der Waals surface area contributed by atoms with Crippen LogP contribution in [0.2, 0.25) is 5.02 Å². The largest absolute Gasteiger partial charge is 0.326 e. The highest BCUT2D eigenvalue weighted by atomic mass is 35.5. The minimum Gasteiger partial charge on any atom is -0.326 e. The molecular formula is C22H21ClFN5O2S. The van der Waals surface area contributed by atoms with E-state index in [1.807, 2.05) is 6.92 Å². The van der Waals surface area contributed by atoms with Crippen LogP contribution in [-0.2, 0) is 22.6 Å². The second-order valence-corrected chi connectivity index (χ2v) is 8.20. The molecule has 0 aliphatic rings. The summed E-state index contributed by atoms with van der Waals surface area (Å²) in [6, 6.07) is 10.7. The average molecular weight is 474 g/mol. The highest BCUT2D eigenvalue weighted by Gasteiger charge is 2.17. The number of aryl methyl sites for hydroxylation is 1. The number of carbonyl (C=O) groups is 2. The molecule has 3 rings (SSSR count). The van der Waals surface area contributed by atoms with Gasteiger partial charge in [-0.3, -0.25) is 9.59 Å². The third kappa shape index (κ3) is 6.41. The molecular weight excluding hydrogens is 453 g/mol. The van der Waals surface area contributed by atoms with E-state index >= 15 is 0 Å². The van der Waals surface area contributed by atoms with Gasteiger partial charge >= 0.3 is 0 Å². The van der Waals surface area contributed by atoms with E-state index < -0.39 is 0 Å². The normalized spacial score (nSPS) is 10.6. The standard InChI is InChI=1S/C22H21ClFN5O2S/c1-3-10-29-19(12-20(30)25-17-7-5-16(24)6-8-17)27-28-22(29)32-13-21(31)26-18-9-4-15(23)11-14(18)2/h3-9,11H,1,10,12-13H2,2H3,(H,25,30)(H,26,31). The van der Waals surface area contributed by atoms with Gasteiger partial charge in [-0.2, -0.15) is 0 Å². The van der Waals surface area contributed by atoms with Crippen molar-refractivity contribution in [1.29, 1.82) is 0 Å². The van der Waals surface area contributed by atoms with Crippen LogP contribution in [0, 0.1) is 12.7 Å². The summed E-state index contributed by atoms with van der Waals surface area (Å²) >= 11 is 7.15. The Morgan fingerprint density at radius 1 is 1.16 bits per heavy atom. The first kappa shape index (κ1) is 23.5. The molecule has 32 heavy (non-hydrogen) atoms. The zero-order valence-electron chi connectivity index (χ0n) is 17.3. The lowest BCUT2D eigenvalue weighted by molar-refractivity contribution is -0.116. The molecule has 2 N–H and O–H groups in total. The number of halogens is 2. The highest BCUT2D eigenvalue weighted by molar-refractivity contribution is 7.99. The van der Waals surface area contributed by atoms with Gasteiger partial charge in [0.1, 0.15) is 11.6 Å². The molecule has 1 heterocycles. The fourth-order valence-corrected chi connectivity index (χ4v) is 3.83. The van der Waals surface area contributed by atoms with Crippen LogP contribution in [0.25, 0.3) is 0 Å². The Hall–Kier alpha value is -3.17. The molecule has 1 aromatic heterocycles. The molecule has 0 saturated carbocycles. The van der Waals surface area contributed by atoms with E-state index in [2.05, 4.69) is 27.4 Å². The molecule has 0 atom stereocenters. The molecule has 0 unspecified atom stereocenters. The van der Waals surface area contributed by atoms with Crippen LogP contribution < -0.4 is 10.6 Å². The number of nitrogens with zero attached hydrogens (tertiary/aromatic N) is 3. The van der Waals surface area contributed by atoms with Gasteiger partial charge in [-0.15, -0.1) is 16.8 Å². The number of thioether (sulfide) groups is 1. The third-order valence-corrected chi connectivity index (χ3v) is 5.55. The molecule has 2 aromatic carbocycles. The molecule has 10 heteroatoms. The van der Waals surface area contributed by atoms with Crippen molar-refractivity contribution in [2.24, 2.45) is 0 Å². The van der Waals surface area contributed by atoms with Gasteiger partial charge < -0.3 is 15.2 Å². The average Bonchev–Trinajstić information content (AvgIpc) is 3.12. The number of amides is 2. The molecule has 7 nitrogen and oxygen atoms in total. The van der Waals surface area contributed by atoms with Crippen LogP contribution in [0.4, 0.5) is 15.8 Å². The molecule has 0 radical (unpaired) electrons. The number of allylic oxidation sites excluding steroid dienone is 1. The van der Waals surface area contributed by atoms with Crippen molar-refractivity contribution in [3.63, 3.8) is 0 Å². The second kappa shape index (κ2) is 10.9. The van der Waals surface area contributed by atoms with E-state index in [1.165, 1.54) is 36.0 Å². The lowest BCUT2D eigenvalue weighted by atomic mass is 10.2. The van der Waals surface area contributed by atoms with Crippen LogP contribution in [0.15, 0.2) is 60.3 Å². The summed E-state index contributed by atoms with van der Waals surface area (Å²) in [7, 11) is 0. The molecule has 0 spiro atoms. The van der Waals surface area contributed by atoms with Gasteiger partial charge in [-0.1, -0.05) is 29.4 Å². The maximum absolute atomic E-state index is 13.0. The molecule has 3 aromatic rings. The van der Waals surface area contributed by atoms with Gasteiger partial charge in [0.05, 0.1) is 12.2 Å². The minimum absolute atomic E-state index is 0.0328. The summed E-state index contributed by atoms with van der Waals surface area (Å²) in [5, 5.41) is 14.8. The Bertz CT molecular complexity index is 1130. The summed E-state index contributed by atoms with van der Waals surface area (Å²) in [4.78, 5) is 24.7. The number of anilines is 2. The Labute approximate surface area is 194 Å². The van der Waals surface area contributed by atoms with Crippen molar-refractivity contribution < 1.29 is 14.0 Å². The Morgan fingerprint density at radius 2 is 1.91 bits per heavy atom. The number of carbonyl (C=O) groups excluding carboxylic acids is 2. The van der Waals surface area contributed by atoms with Crippen molar-refractivity contribution in [3.05, 3.63) is 77.3 Å². The quantitative estimate of drug-likeness (QED) is 0.353. The van der Waals surface area contributed by atoms with Crippen LogP contribution in [0.3, 0.4) is 0 Å². The van der Waals surface area contributed by atoms with Gasteiger partial charge in [0.15, 0.2) is 5.16 Å². The molecule has 2 amide bonds. The highest BCUT2D eigenvalue weighted by Crippen LogP contribution is 2.22. The number of benzene rings is 2. The van der Waals surface area contributed by atoms with Gasteiger partial charge in [0.25, 0.3) is 0 Å². The molecule has 0 aliphatic carbocycles. The first-order chi connectivity index (χ1) is 15.4. The van der Waals surface area contributed by atoms with Crippen molar-refractivity contribution in [3.8, 4) is 0 Å². The lowest BCUT2D eigenvalue weighted by Crippen LogP contribution is -2.18. The molecule has 0 fully saturated rings. The Morgan fingerprint density at radius 3 is 2.59 bits per heavy atom. The van der Waals surface area contributed by atoms with Gasteiger partial charge in [-0.05, 0) is 55.0 Å². The van der Waals surface area contributed by atoms with Crippen LogP contribution >= 0.6 is 23.4 Å². The van der Waals surface area contributed by atoms with Crippen LogP contribution in [-0.4, -0.2) is 32.3 Å². The monoisotopic (exact) mass is 473 g/mol. The summed E-state index contributed by atoms with van der Waals surface area (Å²) in [6.07, 6.45) is 1.63. The van der Waals surface area contributed by atoms with Gasteiger partial charge in [0.2, 0.25) is 11.8 Å². The van der Waals surface area contributed by atoms with E-state index in [4.69, 9.17) is 11.6 Å². The van der Waals surface area contributed by atoms with Crippen molar-refractivity contribution in [2.45, 2.75) is 25.0 Å². The van der Waals surface area contributed by atoms with Crippen LogP contribution in [0.1, 0.15) is 11.4 Å². The topological polar surface area (TPSA) is 88.9 Å². The van der Waals surface area contributed by atoms with E-state index in [-0.39, 0.29) is 29.8 Å². The Kier molecular flexibility index (Phi) is 8.02.